The van der Waals surface area contributed by atoms with Crippen LogP contribution in [-0.2, 0) is 11.3 Å². The number of aromatic nitrogens is 2. The number of ketones is 1. The maximum absolute atomic E-state index is 13.5. The van der Waals surface area contributed by atoms with Gasteiger partial charge in [-0.25, -0.2) is 9.37 Å². The molecular formula is C17H20FN3O3. The van der Waals surface area contributed by atoms with Crippen LogP contribution in [0.1, 0.15) is 13.3 Å². The first kappa shape index (κ1) is 16.6. The number of hydrogen-bond acceptors (Lipinski definition) is 5. The van der Waals surface area contributed by atoms with Gasteiger partial charge >= 0.3 is 0 Å². The predicted molar refractivity (Wildman–Crippen MR) is 88.1 cm³/mol. The largest absolute Gasteiger partial charge is 0.494 e. The molecule has 2 heterocycles. The third-order valence-corrected chi connectivity index (χ3v) is 4.21. The first-order valence-corrected chi connectivity index (χ1v) is 8.10. The number of rotatable bonds is 5. The number of benzene rings is 1. The molecule has 1 aliphatic rings. The Kier molecular flexibility index (Phi) is 4.89. The fraction of sp³-hybridized carbons (Fsp3) is 0.471. The topological polar surface area (TPSA) is 64.4 Å². The van der Waals surface area contributed by atoms with Crippen LogP contribution in [0.5, 0.6) is 5.75 Å². The number of nitrogens with zero attached hydrogens (tertiary/aromatic N) is 3. The van der Waals surface area contributed by atoms with E-state index >= 15 is 0 Å². The second kappa shape index (κ2) is 7.09. The van der Waals surface area contributed by atoms with Crippen LogP contribution in [0.2, 0.25) is 0 Å². The number of Topliss-reactive ketones (excluding diaryl/α,β-unsaturated/α-hetero) is 1. The molecule has 0 bridgehead atoms. The van der Waals surface area contributed by atoms with Crippen LogP contribution in [0.25, 0.3) is 11.0 Å². The van der Waals surface area contributed by atoms with Crippen LogP contribution in [0, 0.1) is 0 Å². The highest BCUT2D eigenvalue weighted by molar-refractivity contribution is 5.84. The minimum atomic E-state index is -1.42. The number of ether oxygens (including phenoxy) is 1. The monoisotopic (exact) mass is 333 g/mol. The molecule has 1 fully saturated rings. The molecule has 24 heavy (non-hydrogen) atoms. The Bertz CT molecular complexity index is 805. The summed E-state index contributed by atoms with van der Waals surface area (Å²) in [5.41, 5.74) is 1.19. The molecule has 1 saturated heterocycles. The SMILES string of the molecule is CCOc1ccc2ncc(=O)n(CCN3CCC(=O)C(F)C3)c2c1. The second-order valence-corrected chi connectivity index (χ2v) is 5.82. The van der Waals surface area contributed by atoms with Crippen molar-refractivity contribution in [1.29, 1.82) is 0 Å². The van der Waals surface area contributed by atoms with Crippen molar-refractivity contribution in [2.75, 3.05) is 26.2 Å². The van der Waals surface area contributed by atoms with Crippen molar-refractivity contribution in [3.63, 3.8) is 0 Å². The molecule has 6 nitrogen and oxygen atoms in total. The van der Waals surface area contributed by atoms with Crippen LogP contribution < -0.4 is 10.3 Å². The van der Waals surface area contributed by atoms with Crippen molar-refractivity contribution in [3.05, 3.63) is 34.7 Å². The standard InChI is InChI=1S/C17H20FN3O3/c1-2-24-12-3-4-14-15(9-12)21(17(23)10-19-14)8-7-20-6-5-16(22)13(18)11-20/h3-4,9-10,13H,2,5-8,11H2,1H3. The minimum Gasteiger partial charge on any atom is -0.494 e. The van der Waals surface area contributed by atoms with Gasteiger partial charge in [-0.3, -0.25) is 14.5 Å². The summed E-state index contributed by atoms with van der Waals surface area (Å²) >= 11 is 0. The summed E-state index contributed by atoms with van der Waals surface area (Å²) < 4.78 is 20.6. The maximum Gasteiger partial charge on any atom is 0.269 e. The maximum atomic E-state index is 13.5. The number of fused-ring (bicyclic) bond motifs is 1. The number of alkyl halides is 1. The fourth-order valence-electron chi connectivity index (χ4n) is 2.92. The number of hydrogen-bond donors (Lipinski definition) is 0. The van der Waals surface area contributed by atoms with Crippen LogP contribution >= 0.6 is 0 Å². The average Bonchev–Trinajstić information content (AvgIpc) is 2.57. The molecule has 0 aliphatic carbocycles. The van der Waals surface area contributed by atoms with E-state index in [9.17, 15) is 14.0 Å². The molecular weight excluding hydrogens is 313 g/mol. The van der Waals surface area contributed by atoms with Crippen molar-refractivity contribution in [3.8, 4) is 5.75 Å². The number of carbonyl (C=O) groups is 1. The van der Waals surface area contributed by atoms with Gasteiger partial charge in [0, 0.05) is 38.7 Å². The first-order valence-electron chi connectivity index (χ1n) is 8.10. The van der Waals surface area contributed by atoms with Crippen molar-refractivity contribution in [1.82, 2.24) is 14.5 Å². The van der Waals surface area contributed by atoms with E-state index in [2.05, 4.69) is 4.98 Å². The Labute approximate surface area is 138 Å². The molecule has 1 aromatic carbocycles. The van der Waals surface area contributed by atoms with Gasteiger partial charge in [-0.05, 0) is 19.1 Å². The third kappa shape index (κ3) is 3.46. The lowest BCUT2D eigenvalue weighted by atomic mass is 10.1. The van der Waals surface area contributed by atoms with Gasteiger partial charge in [0.2, 0.25) is 0 Å². The molecule has 1 aliphatic heterocycles. The number of carbonyl (C=O) groups excluding carboxylic acids is 1. The summed E-state index contributed by atoms with van der Waals surface area (Å²) in [5.74, 6) is 0.345. The van der Waals surface area contributed by atoms with Crippen LogP contribution in [0.4, 0.5) is 4.39 Å². The van der Waals surface area contributed by atoms with Gasteiger partial charge in [-0.1, -0.05) is 0 Å². The Morgan fingerprint density at radius 3 is 2.92 bits per heavy atom. The summed E-state index contributed by atoms with van der Waals surface area (Å²) in [4.78, 5) is 29.5. The molecule has 128 valence electrons. The minimum absolute atomic E-state index is 0.0980. The van der Waals surface area contributed by atoms with Gasteiger partial charge in [0.1, 0.15) is 5.75 Å². The first-order chi connectivity index (χ1) is 11.6. The Morgan fingerprint density at radius 2 is 2.17 bits per heavy atom. The highest BCUT2D eigenvalue weighted by Crippen LogP contribution is 2.18. The van der Waals surface area contributed by atoms with E-state index in [1.807, 2.05) is 24.0 Å². The van der Waals surface area contributed by atoms with Crippen LogP contribution in [0.15, 0.2) is 29.2 Å². The fourth-order valence-corrected chi connectivity index (χ4v) is 2.92. The summed E-state index contributed by atoms with van der Waals surface area (Å²) in [5, 5.41) is 0. The van der Waals surface area contributed by atoms with Crippen molar-refractivity contribution in [2.45, 2.75) is 26.1 Å². The molecule has 0 amide bonds. The van der Waals surface area contributed by atoms with Gasteiger partial charge in [0.25, 0.3) is 5.56 Å². The molecule has 0 spiro atoms. The smallest absolute Gasteiger partial charge is 0.269 e. The average molecular weight is 333 g/mol. The highest BCUT2D eigenvalue weighted by atomic mass is 19.1. The van der Waals surface area contributed by atoms with Gasteiger partial charge in [-0.2, -0.15) is 0 Å². The zero-order valence-electron chi connectivity index (χ0n) is 13.6. The van der Waals surface area contributed by atoms with Gasteiger partial charge in [-0.15, -0.1) is 0 Å². The number of halogens is 1. The Morgan fingerprint density at radius 1 is 1.33 bits per heavy atom. The zero-order chi connectivity index (χ0) is 17.1. The lowest BCUT2D eigenvalue weighted by molar-refractivity contribution is -0.127. The number of likely N-dealkylation sites (tertiary alicyclic amines) is 1. The summed E-state index contributed by atoms with van der Waals surface area (Å²) in [7, 11) is 0. The quantitative estimate of drug-likeness (QED) is 0.828. The van der Waals surface area contributed by atoms with Crippen molar-refractivity contribution in [2.24, 2.45) is 0 Å². The lowest BCUT2D eigenvalue weighted by Gasteiger charge is -2.28. The lowest BCUT2D eigenvalue weighted by Crippen LogP contribution is -2.43. The van der Waals surface area contributed by atoms with Gasteiger partial charge in [0.05, 0.1) is 23.8 Å². The van der Waals surface area contributed by atoms with E-state index in [1.54, 1.807) is 10.6 Å². The molecule has 3 rings (SSSR count). The van der Waals surface area contributed by atoms with E-state index < -0.39 is 6.17 Å². The zero-order valence-corrected chi connectivity index (χ0v) is 13.6. The van der Waals surface area contributed by atoms with E-state index in [0.29, 0.717) is 43.0 Å². The molecule has 1 atom stereocenters. The van der Waals surface area contributed by atoms with Gasteiger partial charge < -0.3 is 9.30 Å². The summed E-state index contributed by atoms with van der Waals surface area (Å²) in [6.07, 6.45) is 0.0939. The molecule has 7 heteroatoms. The van der Waals surface area contributed by atoms with Gasteiger partial charge in [0.15, 0.2) is 12.0 Å². The molecule has 1 aromatic heterocycles. The van der Waals surface area contributed by atoms with E-state index in [4.69, 9.17) is 4.74 Å². The number of piperidine rings is 1. The predicted octanol–water partition coefficient (Wildman–Crippen LogP) is 1.41. The normalized spacial score (nSPS) is 18.9. The molecule has 0 saturated carbocycles. The molecule has 1 unspecified atom stereocenters. The Hall–Kier alpha value is -2.28. The summed E-state index contributed by atoms with van der Waals surface area (Å²) in [6.45, 7) is 3.98. The molecule has 0 N–H and O–H groups in total. The van der Waals surface area contributed by atoms with E-state index in [-0.39, 0.29) is 24.3 Å². The van der Waals surface area contributed by atoms with Crippen LogP contribution in [-0.4, -0.2) is 52.6 Å². The molecule has 0 radical (unpaired) electrons. The highest BCUT2D eigenvalue weighted by Gasteiger charge is 2.26. The van der Waals surface area contributed by atoms with Crippen molar-refractivity contribution >= 4 is 16.8 Å². The summed E-state index contributed by atoms with van der Waals surface area (Å²) in [6, 6.07) is 5.43. The van der Waals surface area contributed by atoms with E-state index in [0.717, 1.165) is 0 Å². The third-order valence-electron chi connectivity index (χ3n) is 4.21. The van der Waals surface area contributed by atoms with Crippen LogP contribution in [0.3, 0.4) is 0 Å². The molecule has 2 aromatic rings. The second-order valence-electron chi connectivity index (χ2n) is 5.82. The van der Waals surface area contributed by atoms with Crippen molar-refractivity contribution < 1.29 is 13.9 Å². The van der Waals surface area contributed by atoms with E-state index in [1.165, 1.54) is 6.20 Å². The Balaban J connectivity index is 1.82.